The number of anilines is 1. The fraction of sp³-hybridized carbons (Fsp3) is 0.500. The molecule has 3 atom stereocenters. The van der Waals surface area contributed by atoms with Gasteiger partial charge in [0.15, 0.2) is 0 Å². The maximum absolute atomic E-state index is 13.0. The van der Waals surface area contributed by atoms with Gasteiger partial charge in [0.2, 0.25) is 23.6 Å². The first-order valence-corrected chi connectivity index (χ1v) is 10.9. The molecule has 8 heteroatoms. The Morgan fingerprint density at radius 3 is 2.21 bits per heavy atom. The maximum Gasteiger partial charge on any atom is 0.248 e. The molecule has 7 nitrogen and oxygen atoms in total. The van der Waals surface area contributed by atoms with E-state index in [1.54, 1.807) is 23.9 Å². The Bertz CT molecular complexity index is 756. The number of fused-ring (bicyclic) bond motifs is 1. The van der Waals surface area contributed by atoms with Crippen LogP contribution in [0.3, 0.4) is 0 Å². The lowest BCUT2D eigenvalue weighted by Crippen LogP contribution is -2.48. The number of benzene rings is 1. The first-order chi connectivity index (χ1) is 13.4. The second-order valence-electron chi connectivity index (χ2n) is 7.27. The number of carbonyl (C=O) groups is 4. The average molecular weight is 404 g/mol. The van der Waals surface area contributed by atoms with E-state index in [0.717, 1.165) is 25.7 Å². The lowest BCUT2D eigenvalue weighted by molar-refractivity contribution is -0.146. The molecule has 1 saturated heterocycles. The Balaban J connectivity index is 1.79. The third kappa shape index (κ3) is 4.06. The summed E-state index contributed by atoms with van der Waals surface area (Å²) in [6.07, 6.45) is 5.66. The number of primary amides is 1. The summed E-state index contributed by atoms with van der Waals surface area (Å²) in [5, 5.41) is 2.77. The van der Waals surface area contributed by atoms with Gasteiger partial charge < -0.3 is 11.1 Å². The Morgan fingerprint density at radius 1 is 1.14 bits per heavy atom. The van der Waals surface area contributed by atoms with Crippen molar-refractivity contribution in [2.75, 3.05) is 17.3 Å². The first-order valence-electron chi connectivity index (χ1n) is 9.50. The first kappa shape index (κ1) is 20.4. The average Bonchev–Trinajstić information content (AvgIpc) is 2.94. The van der Waals surface area contributed by atoms with Crippen LogP contribution < -0.4 is 11.1 Å². The topological polar surface area (TPSA) is 110 Å². The van der Waals surface area contributed by atoms with Crippen molar-refractivity contribution in [3.8, 4) is 0 Å². The van der Waals surface area contributed by atoms with Gasteiger partial charge >= 0.3 is 0 Å². The molecular formula is C20H25N3O4S. The number of rotatable bonds is 7. The molecule has 4 amide bonds. The lowest BCUT2D eigenvalue weighted by Gasteiger charge is -2.26. The largest absolute Gasteiger partial charge is 0.366 e. The van der Waals surface area contributed by atoms with Gasteiger partial charge in [-0.3, -0.25) is 24.1 Å². The molecule has 0 aromatic heterocycles. The van der Waals surface area contributed by atoms with Crippen LogP contribution in [0.1, 0.15) is 42.5 Å². The molecule has 28 heavy (non-hydrogen) atoms. The van der Waals surface area contributed by atoms with Crippen LogP contribution in [-0.4, -0.2) is 46.6 Å². The molecule has 1 aliphatic carbocycles. The molecular weight excluding hydrogens is 378 g/mol. The SMILES string of the molecule is CSCC[C@H](C(=O)Nc1ccc(C(N)=O)cc1)N1C(=O)[C@H]2CCCC[C@H]2C1=O. The quantitative estimate of drug-likeness (QED) is 0.677. The van der Waals surface area contributed by atoms with Crippen LogP contribution in [0, 0.1) is 11.8 Å². The third-order valence-corrected chi connectivity index (χ3v) is 6.17. The van der Waals surface area contributed by atoms with E-state index in [1.807, 2.05) is 6.26 Å². The Hall–Kier alpha value is -2.35. The van der Waals surface area contributed by atoms with Crippen molar-refractivity contribution in [2.24, 2.45) is 17.6 Å². The minimum Gasteiger partial charge on any atom is -0.366 e. The normalized spacial score (nSPS) is 22.7. The zero-order chi connectivity index (χ0) is 20.3. The number of likely N-dealkylation sites (tertiary alicyclic amines) is 1. The zero-order valence-electron chi connectivity index (χ0n) is 15.8. The highest BCUT2D eigenvalue weighted by Crippen LogP contribution is 2.39. The molecule has 2 fully saturated rings. The number of hydrogen-bond donors (Lipinski definition) is 2. The minimum absolute atomic E-state index is 0.208. The molecule has 0 radical (unpaired) electrons. The van der Waals surface area contributed by atoms with Crippen LogP contribution in [0.5, 0.6) is 0 Å². The van der Waals surface area contributed by atoms with E-state index in [2.05, 4.69) is 5.32 Å². The van der Waals surface area contributed by atoms with Crippen molar-refractivity contribution in [3.05, 3.63) is 29.8 Å². The molecule has 1 aromatic carbocycles. The number of nitrogens with two attached hydrogens (primary N) is 1. The highest BCUT2D eigenvalue weighted by atomic mass is 32.2. The summed E-state index contributed by atoms with van der Waals surface area (Å²) < 4.78 is 0. The van der Waals surface area contributed by atoms with Crippen LogP contribution in [0.25, 0.3) is 0 Å². The van der Waals surface area contributed by atoms with Crippen LogP contribution in [-0.2, 0) is 14.4 Å². The van der Waals surface area contributed by atoms with E-state index in [9.17, 15) is 19.2 Å². The molecule has 3 N–H and O–H groups in total. The van der Waals surface area contributed by atoms with Crippen LogP contribution in [0.2, 0.25) is 0 Å². The van der Waals surface area contributed by atoms with Crippen molar-refractivity contribution in [1.82, 2.24) is 4.90 Å². The third-order valence-electron chi connectivity index (χ3n) is 5.52. The molecule has 0 bridgehead atoms. The van der Waals surface area contributed by atoms with Gasteiger partial charge in [0, 0.05) is 11.3 Å². The van der Waals surface area contributed by atoms with E-state index >= 15 is 0 Å². The molecule has 3 rings (SSSR count). The second-order valence-corrected chi connectivity index (χ2v) is 8.26. The summed E-state index contributed by atoms with van der Waals surface area (Å²) in [4.78, 5) is 51.2. The molecule has 0 spiro atoms. The van der Waals surface area contributed by atoms with Gasteiger partial charge in [-0.1, -0.05) is 12.8 Å². The van der Waals surface area contributed by atoms with Crippen molar-refractivity contribution in [2.45, 2.75) is 38.1 Å². The lowest BCUT2D eigenvalue weighted by atomic mass is 9.81. The fourth-order valence-electron chi connectivity index (χ4n) is 4.05. The standard InChI is InChI=1S/C20H25N3O4S/c1-28-11-10-16(18(25)22-13-8-6-12(7-9-13)17(21)24)23-19(26)14-4-2-3-5-15(14)20(23)27/h6-9,14-16H,2-5,10-11H2,1H3,(H2,21,24)(H,22,25)/t14-,15+,16-/m1/s1. The molecule has 2 aliphatic rings. The Kier molecular flexibility index (Phi) is 6.39. The van der Waals surface area contributed by atoms with Gasteiger partial charge in [0.25, 0.3) is 0 Å². The smallest absolute Gasteiger partial charge is 0.248 e. The molecule has 0 unspecified atom stereocenters. The number of amides is 4. The highest BCUT2D eigenvalue weighted by molar-refractivity contribution is 7.98. The Labute approximate surface area is 168 Å². The van der Waals surface area contributed by atoms with Crippen LogP contribution in [0.4, 0.5) is 5.69 Å². The van der Waals surface area contributed by atoms with E-state index in [4.69, 9.17) is 5.73 Å². The number of thioether (sulfide) groups is 1. The summed E-state index contributed by atoms with van der Waals surface area (Å²) in [6.45, 7) is 0. The van der Waals surface area contributed by atoms with Gasteiger partial charge in [0.1, 0.15) is 6.04 Å². The summed E-state index contributed by atoms with van der Waals surface area (Å²) in [7, 11) is 0. The van der Waals surface area contributed by atoms with Crippen molar-refractivity contribution in [3.63, 3.8) is 0 Å². The number of hydrogen-bond acceptors (Lipinski definition) is 5. The molecule has 1 aromatic rings. The molecule has 1 saturated carbocycles. The predicted octanol–water partition coefficient (Wildman–Crippen LogP) is 2.02. The van der Waals surface area contributed by atoms with Crippen LogP contribution in [0.15, 0.2) is 24.3 Å². The van der Waals surface area contributed by atoms with Crippen molar-refractivity contribution >= 4 is 41.1 Å². The summed E-state index contributed by atoms with van der Waals surface area (Å²) in [5.41, 5.74) is 6.05. The highest BCUT2D eigenvalue weighted by Gasteiger charge is 2.51. The van der Waals surface area contributed by atoms with E-state index in [0.29, 0.717) is 23.4 Å². The number of nitrogens with one attached hydrogen (secondary N) is 1. The van der Waals surface area contributed by atoms with E-state index < -0.39 is 11.9 Å². The molecule has 1 aliphatic heterocycles. The number of carbonyl (C=O) groups excluding carboxylic acids is 4. The van der Waals surface area contributed by atoms with Gasteiger partial charge in [-0.25, -0.2) is 0 Å². The van der Waals surface area contributed by atoms with Gasteiger partial charge in [0.05, 0.1) is 11.8 Å². The van der Waals surface area contributed by atoms with Crippen molar-refractivity contribution in [1.29, 1.82) is 0 Å². The zero-order valence-corrected chi connectivity index (χ0v) is 16.7. The summed E-state index contributed by atoms with van der Waals surface area (Å²) in [5.74, 6) is -1.25. The monoisotopic (exact) mass is 403 g/mol. The number of imide groups is 1. The van der Waals surface area contributed by atoms with Crippen LogP contribution >= 0.6 is 11.8 Å². The molecule has 1 heterocycles. The van der Waals surface area contributed by atoms with E-state index in [-0.39, 0.29) is 29.6 Å². The Morgan fingerprint density at radius 2 is 1.71 bits per heavy atom. The minimum atomic E-state index is -0.825. The summed E-state index contributed by atoms with van der Waals surface area (Å²) in [6, 6.07) is 5.38. The maximum atomic E-state index is 13.0. The van der Waals surface area contributed by atoms with Gasteiger partial charge in [-0.05, 0) is 55.5 Å². The number of nitrogens with zero attached hydrogens (tertiary/aromatic N) is 1. The molecule has 150 valence electrons. The van der Waals surface area contributed by atoms with E-state index in [1.165, 1.54) is 17.0 Å². The fourth-order valence-corrected chi connectivity index (χ4v) is 4.50. The van der Waals surface area contributed by atoms with Gasteiger partial charge in [-0.15, -0.1) is 0 Å². The van der Waals surface area contributed by atoms with Gasteiger partial charge in [-0.2, -0.15) is 11.8 Å². The predicted molar refractivity (Wildman–Crippen MR) is 108 cm³/mol. The second kappa shape index (κ2) is 8.77. The van der Waals surface area contributed by atoms with Crippen molar-refractivity contribution < 1.29 is 19.2 Å². The summed E-state index contributed by atoms with van der Waals surface area (Å²) >= 11 is 1.56.